The van der Waals surface area contributed by atoms with Crippen molar-refractivity contribution in [2.24, 2.45) is 0 Å². The lowest BCUT2D eigenvalue weighted by Crippen LogP contribution is -2.17. The molecule has 0 aliphatic carbocycles. The van der Waals surface area contributed by atoms with Crippen LogP contribution in [0, 0.1) is 0 Å². The summed E-state index contributed by atoms with van der Waals surface area (Å²) in [6.07, 6.45) is 1.98. The van der Waals surface area contributed by atoms with Gasteiger partial charge in [0.15, 0.2) is 0 Å². The van der Waals surface area contributed by atoms with Gasteiger partial charge in [-0.05, 0) is 53.6 Å². The SMILES string of the molecule is O=S(=O)(Nc1ccccc1C=Cc1ccncc1)c1ccc(OC(F)(F)F)cc1. The number of nitrogens with one attached hydrogen (secondary N) is 1. The summed E-state index contributed by atoms with van der Waals surface area (Å²) in [5, 5.41) is 0. The molecular formula is C20H15F3N2O3S. The smallest absolute Gasteiger partial charge is 0.406 e. The number of aromatic nitrogens is 1. The zero-order valence-corrected chi connectivity index (χ0v) is 15.6. The van der Waals surface area contributed by atoms with Gasteiger partial charge < -0.3 is 4.74 Å². The van der Waals surface area contributed by atoms with E-state index in [-0.39, 0.29) is 4.90 Å². The highest BCUT2D eigenvalue weighted by Crippen LogP contribution is 2.26. The summed E-state index contributed by atoms with van der Waals surface area (Å²) in [6.45, 7) is 0. The topological polar surface area (TPSA) is 68.3 Å². The minimum absolute atomic E-state index is 0.194. The van der Waals surface area contributed by atoms with Crippen molar-refractivity contribution < 1.29 is 26.3 Å². The van der Waals surface area contributed by atoms with Gasteiger partial charge in [-0.3, -0.25) is 9.71 Å². The molecule has 1 aromatic heterocycles. The molecule has 3 aromatic rings. The van der Waals surface area contributed by atoms with Crippen LogP contribution in [-0.2, 0) is 10.0 Å². The number of hydrogen-bond donors (Lipinski definition) is 1. The van der Waals surface area contributed by atoms with E-state index in [1.54, 1.807) is 60.9 Å². The van der Waals surface area contributed by atoms with Gasteiger partial charge in [0.2, 0.25) is 0 Å². The molecule has 0 aliphatic heterocycles. The first-order valence-electron chi connectivity index (χ1n) is 8.29. The highest BCUT2D eigenvalue weighted by atomic mass is 32.2. The highest BCUT2D eigenvalue weighted by Gasteiger charge is 2.31. The molecule has 0 unspecified atom stereocenters. The van der Waals surface area contributed by atoms with Gasteiger partial charge >= 0.3 is 6.36 Å². The Bertz CT molecular complexity index is 1100. The maximum atomic E-state index is 12.6. The quantitative estimate of drug-likeness (QED) is 0.613. The molecule has 1 heterocycles. The number of ether oxygens (including phenoxy) is 1. The number of halogens is 3. The van der Waals surface area contributed by atoms with E-state index in [4.69, 9.17) is 0 Å². The molecule has 9 heteroatoms. The van der Waals surface area contributed by atoms with Crippen molar-refractivity contribution in [3.63, 3.8) is 0 Å². The van der Waals surface area contributed by atoms with Gasteiger partial charge in [-0.2, -0.15) is 0 Å². The second-order valence-electron chi connectivity index (χ2n) is 5.83. The van der Waals surface area contributed by atoms with E-state index in [0.717, 1.165) is 29.8 Å². The van der Waals surface area contributed by atoms with E-state index in [1.807, 2.05) is 0 Å². The van der Waals surface area contributed by atoms with Crippen molar-refractivity contribution in [2.45, 2.75) is 11.3 Å². The molecule has 0 radical (unpaired) electrons. The van der Waals surface area contributed by atoms with Crippen LogP contribution in [0.4, 0.5) is 18.9 Å². The maximum Gasteiger partial charge on any atom is 0.573 e. The zero-order valence-electron chi connectivity index (χ0n) is 14.8. The molecule has 3 rings (SSSR count). The molecule has 0 aliphatic rings. The third kappa shape index (κ3) is 5.82. The Kier molecular flexibility index (Phi) is 5.88. The summed E-state index contributed by atoms with van der Waals surface area (Å²) < 4.78 is 68.2. The molecule has 0 saturated carbocycles. The Balaban J connectivity index is 1.81. The van der Waals surface area contributed by atoms with Crippen LogP contribution in [0.15, 0.2) is 78.0 Å². The number of nitrogens with zero attached hydrogens (tertiary/aromatic N) is 1. The number of rotatable bonds is 6. The molecule has 0 amide bonds. The number of sulfonamides is 1. The van der Waals surface area contributed by atoms with Gasteiger partial charge in [0, 0.05) is 12.4 Å². The first-order valence-corrected chi connectivity index (χ1v) is 9.77. The third-order valence-electron chi connectivity index (χ3n) is 3.73. The number of pyridine rings is 1. The Labute approximate surface area is 165 Å². The van der Waals surface area contributed by atoms with Crippen molar-refractivity contribution in [3.05, 3.63) is 84.2 Å². The predicted octanol–water partition coefficient (Wildman–Crippen LogP) is 4.95. The third-order valence-corrected chi connectivity index (χ3v) is 5.12. The van der Waals surface area contributed by atoms with Crippen molar-refractivity contribution in [3.8, 4) is 5.75 Å². The number of hydrogen-bond acceptors (Lipinski definition) is 4. The fourth-order valence-electron chi connectivity index (χ4n) is 2.42. The molecule has 0 atom stereocenters. The van der Waals surface area contributed by atoms with Crippen molar-refractivity contribution in [2.75, 3.05) is 4.72 Å². The van der Waals surface area contributed by atoms with E-state index < -0.39 is 22.1 Å². The van der Waals surface area contributed by atoms with Crippen molar-refractivity contribution >= 4 is 27.9 Å². The van der Waals surface area contributed by atoms with Crippen LogP contribution in [0.3, 0.4) is 0 Å². The van der Waals surface area contributed by atoms with E-state index in [9.17, 15) is 21.6 Å². The minimum Gasteiger partial charge on any atom is -0.406 e. The van der Waals surface area contributed by atoms with Gasteiger partial charge in [-0.15, -0.1) is 13.2 Å². The van der Waals surface area contributed by atoms with Crippen LogP contribution >= 0.6 is 0 Å². The molecule has 5 nitrogen and oxygen atoms in total. The molecule has 150 valence electrons. The summed E-state index contributed by atoms with van der Waals surface area (Å²) in [6, 6.07) is 14.3. The number of para-hydroxylation sites is 1. The first kappa shape index (κ1) is 20.4. The molecular weight excluding hydrogens is 405 g/mol. The predicted molar refractivity (Wildman–Crippen MR) is 104 cm³/mol. The van der Waals surface area contributed by atoms with Crippen LogP contribution in [0.5, 0.6) is 5.75 Å². The lowest BCUT2D eigenvalue weighted by Gasteiger charge is -2.12. The lowest BCUT2D eigenvalue weighted by atomic mass is 10.1. The van der Waals surface area contributed by atoms with E-state index in [2.05, 4.69) is 14.4 Å². The summed E-state index contributed by atoms with van der Waals surface area (Å²) in [7, 11) is -4.01. The average Bonchev–Trinajstić information content (AvgIpc) is 2.67. The summed E-state index contributed by atoms with van der Waals surface area (Å²) in [5.41, 5.74) is 1.83. The number of benzene rings is 2. The minimum atomic E-state index is -4.85. The number of alkyl halides is 3. The molecule has 0 spiro atoms. The highest BCUT2D eigenvalue weighted by molar-refractivity contribution is 7.92. The summed E-state index contributed by atoms with van der Waals surface area (Å²) in [4.78, 5) is 3.73. The van der Waals surface area contributed by atoms with Crippen LogP contribution in [0.25, 0.3) is 12.2 Å². The van der Waals surface area contributed by atoms with Crippen LogP contribution < -0.4 is 9.46 Å². The Morgan fingerprint density at radius 2 is 1.55 bits per heavy atom. The average molecular weight is 420 g/mol. The Hall–Kier alpha value is -3.33. The van der Waals surface area contributed by atoms with Crippen LogP contribution in [0.1, 0.15) is 11.1 Å². The fourth-order valence-corrected chi connectivity index (χ4v) is 3.51. The van der Waals surface area contributed by atoms with Crippen LogP contribution in [0.2, 0.25) is 0 Å². The molecule has 0 bridgehead atoms. The monoisotopic (exact) mass is 420 g/mol. The van der Waals surface area contributed by atoms with Gasteiger partial charge in [-0.25, -0.2) is 8.42 Å². The molecule has 0 saturated heterocycles. The summed E-state index contributed by atoms with van der Waals surface area (Å²) >= 11 is 0. The largest absolute Gasteiger partial charge is 0.573 e. The van der Waals surface area contributed by atoms with Gasteiger partial charge in [0.25, 0.3) is 10.0 Å². The lowest BCUT2D eigenvalue weighted by molar-refractivity contribution is -0.274. The van der Waals surface area contributed by atoms with Crippen molar-refractivity contribution in [1.82, 2.24) is 4.98 Å². The van der Waals surface area contributed by atoms with Crippen LogP contribution in [-0.4, -0.2) is 19.8 Å². The van der Waals surface area contributed by atoms with Crippen molar-refractivity contribution in [1.29, 1.82) is 0 Å². The summed E-state index contributed by atoms with van der Waals surface area (Å²) in [5.74, 6) is -0.503. The second kappa shape index (κ2) is 8.36. The van der Waals surface area contributed by atoms with Gasteiger partial charge in [-0.1, -0.05) is 30.4 Å². The molecule has 29 heavy (non-hydrogen) atoms. The zero-order chi connectivity index (χ0) is 20.9. The number of anilines is 1. The first-order chi connectivity index (χ1) is 13.7. The molecule has 2 aromatic carbocycles. The van der Waals surface area contributed by atoms with Gasteiger partial charge in [0.05, 0.1) is 10.6 Å². The van der Waals surface area contributed by atoms with E-state index in [0.29, 0.717) is 11.3 Å². The maximum absolute atomic E-state index is 12.6. The molecule has 1 N–H and O–H groups in total. The Morgan fingerprint density at radius 1 is 0.897 bits per heavy atom. The molecule has 0 fully saturated rings. The second-order valence-corrected chi connectivity index (χ2v) is 7.51. The van der Waals surface area contributed by atoms with E-state index >= 15 is 0 Å². The Morgan fingerprint density at radius 3 is 2.21 bits per heavy atom. The van der Waals surface area contributed by atoms with Gasteiger partial charge in [0.1, 0.15) is 5.75 Å². The normalized spacial score (nSPS) is 12.1. The van der Waals surface area contributed by atoms with E-state index in [1.165, 1.54) is 0 Å². The standard InChI is InChI=1S/C20H15F3N2O3S/c21-20(22,23)28-17-7-9-18(10-8-17)29(26,27)25-19-4-2-1-3-16(19)6-5-15-11-13-24-14-12-15/h1-14,25H. The fraction of sp³-hybridized carbons (Fsp3) is 0.0500.